The topological polar surface area (TPSA) is 94.2 Å². The van der Waals surface area contributed by atoms with Gasteiger partial charge in [-0.3, -0.25) is 14.9 Å². The summed E-state index contributed by atoms with van der Waals surface area (Å²) in [6.45, 7) is 2.81. The number of hydrogen-bond acceptors (Lipinski definition) is 6. The van der Waals surface area contributed by atoms with E-state index in [0.717, 1.165) is 16.0 Å². The van der Waals surface area contributed by atoms with Crippen LogP contribution >= 0.6 is 11.6 Å². The molecule has 4 amide bonds. The van der Waals surface area contributed by atoms with E-state index >= 15 is 0 Å². The number of anilines is 1. The maximum atomic E-state index is 13.4. The highest BCUT2D eigenvalue weighted by molar-refractivity contribution is 6.39. The molecule has 1 aliphatic heterocycles. The van der Waals surface area contributed by atoms with Crippen LogP contribution in [0.15, 0.2) is 103 Å². The van der Waals surface area contributed by atoms with Crippen molar-refractivity contribution in [3.8, 4) is 17.2 Å². The molecule has 8 nitrogen and oxygen atoms in total. The molecule has 0 aromatic heterocycles. The molecule has 5 rings (SSSR count). The zero-order valence-electron chi connectivity index (χ0n) is 22.7. The largest absolute Gasteiger partial charge is 0.490 e. The third-order valence-electron chi connectivity index (χ3n) is 6.36. The van der Waals surface area contributed by atoms with E-state index in [-0.39, 0.29) is 12.2 Å². The summed E-state index contributed by atoms with van der Waals surface area (Å²) in [5, 5.41) is 2.83. The molecule has 0 unspecified atom stereocenters. The molecule has 9 heteroatoms. The lowest BCUT2D eigenvalue weighted by Gasteiger charge is -2.26. The van der Waals surface area contributed by atoms with Gasteiger partial charge in [-0.25, -0.2) is 9.69 Å². The lowest BCUT2D eigenvalue weighted by atomic mass is 10.1. The summed E-state index contributed by atoms with van der Waals surface area (Å²) in [4.78, 5) is 39.7. The van der Waals surface area contributed by atoms with Crippen molar-refractivity contribution in [2.75, 3.05) is 11.5 Å². The molecular formula is C33H27ClN2O6. The zero-order valence-corrected chi connectivity index (χ0v) is 23.5. The molecule has 1 N–H and O–H groups in total. The van der Waals surface area contributed by atoms with E-state index in [2.05, 4.69) is 5.32 Å². The van der Waals surface area contributed by atoms with Gasteiger partial charge in [0.05, 0.1) is 12.3 Å². The summed E-state index contributed by atoms with van der Waals surface area (Å²) in [5.74, 6) is -0.0642. The highest BCUT2D eigenvalue weighted by Crippen LogP contribution is 2.32. The molecule has 0 spiro atoms. The second-order valence-electron chi connectivity index (χ2n) is 9.25. The van der Waals surface area contributed by atoms with E-state index in [1.807, 2.05) is 55.5 Å². The van der Waals surface area contributed by atoms with Crippen molar-refractivity contribution < 1.29 is 28.6 Å². The molecule has 0 radical (unpaired) electrons. The van der Waals surface area contributed by atoms with Crippen LogP contribution in [0.4, 0.5) is 10.5 Å². The van der Waals surface area contributed by atoms with Gasteiger partial charge in [-0.05, 0) is 66.6 Å². The van der Waals surface area contributed by atoms with E-state index < -0.39 is 17.8 Å². The van der Waals surface area contributed by atoms with Crippen LogP contribution in [0.5, 0.6) is 17.2 Å². The van der Waals surface area contributed by atoms with E-state index in [1.54, 1.807) is 48.5 Å². The maximum Gasteiger partial charge on any atom is 0.335 e. The van der Waals surface area contributed by atoms with E-state index in [9.17, 15) is 14.4 Å². The molecule has 1 heterocycles. The van der Waals surface area contributed by atoms with Crippen molar-refractivity contribution in [1.82, 2.24) is 5.32 Å². The van der Waals surface area contributed by atoms with E-state index in [0.29, 0.717) is 46.7 Å². The summed E-state index contributed by atoms with van der Waals surface area (Å²) in [6.07, 6.45) is 1.41. The molecular weight excluding hydrogens is 556 g/mol. The van der Waals surface area contributed by atoms with Crippen LogP contribution in [0.25, 0.3) is 6.08 Å². The van der Waals surface area contributed by atoms with Gasteiger partial charge in [0.1, 0.15) is 24.5 Å². The second kappa shape index (κ2) is 13.1. The predicted molar refractivity (Wildman–Crippen MR) is 160 cm³/mol. The Morgan fingerprint density at radius 2 is 1.52 bits per heavy atom. The standard InChI is InChI=1S/C33H27ClN2O6/c1-2-40-30-19-23(12-17-29(30)42-21-24-10-6-7-11-28(24)34)18-27-31(37)35-33(39)36(32(27)38)25-13-15-26(16-14-25)41-20-22-8-4-3-5-9-22/h3-19H,2,20-21H2,1H3,(H,35,37,39)/b27-18+. The van der Waals surface area contributed by atoms with Crippen LogP contribution in [0.3, 0.4) is 0 Å². The number of urea groups is 1. The third-order valence-corrected chi connectivity index (χ3v) is 6.73. The summed E-state index contributed by atoms with van der Waals surface area (Å²) in [7, 11) is 0. The van der Waals surface area contributed by atoms with Crippen molar-refractivity contribution in [3.05, 3.63) is 124 Å². The normalized spacial score (nSPS) is 14.1. The lowest BCUT2D eigenvalue weighted by Crippen LogP contribution is -2.54. The minimum Gasteiger partial charge on any atom is -0.490 e. The zero-order chi connectivity index (χ0) is 29.5. The Kier molecular flexibility index (Phi) is 8.84. The quantitative estimate of drug-likeness (QED) is 0.168. The van der Waals surface area contributed by atoms with Gasteiger partial charge in [-0.1, -0.05) is 66.2 Å². The molecule has 0 bridgehead atoms. The summed E-state index contributed by atoms with van der Waals surface area (Å²) >= 11 is 6.24. The molecule has 1 saturated heterocycles. The van der Waals surface area contributed by atoms with Crippen molar-refractivity contribution in [2.45, 2.75) is 20.1 Å². The summed E-state index contributed by atoms with van der Waals surface area (Å²) in [5.41, 5.74) is 2.43. The first-order valence-electron chi connectivity index (χ1n) is 13.2. The van der Waals surface area contributed by atoms with Crippen LogP contribution in [0.2, 0.25) is 5.02 Å². The highest BCUT2D eigenvalue weighted by Gasteiger charge is 2.36. The molecule has 42 heavy (non-hydrogen) atoms. The van der Waals surface area contributed by atoms with Gasteiger partial charge in [0, 0.05) is 10.6 Å². The van der Waals surface area contributed by atoms with Crippen LogP contribution < -0.4 is 24.4 Å². The van der Waals surface area contributed by atoms with Crippen LogP contribution in [0.1, 0.15) is 23.6 Å². The number of carbonyl (C=O) groups excluding carboxylic acids is 3. The smallest absolute Gasteiger partial charge is 0.335 e. The number of hydrogen-bond donors (Lipinski definition) is 1. The summed E-state index contributed by atoms with van der Waals surface area (Å²) < 4.78 is 17.5. The Balaban J connectivity index is 1.33. The Labute approximate surface area is 248 Å². The minimum absolute atomic E-state index is 0.203. The van der Waals surface area contributed by atoms with Gasteiger partial charge in [-0.2, -0.15) is 0 Å². The molecule has 1 fully saturated rings. The van der Waals surface area contributed by atoms with Gasteiger partial charge >= 0.3 is 6.03 Å². The first-order valence-corrected chi connectivity index (χ1v) is 13.6. The number of amides is 4. The Hall–Kier alpha value is -5.08. The number of rotatable bonds is 10. The molecule has 4 aromatic carbocycles. The SMILES string of the molecule is CCOc1cc(/C=C2\C(=O)NC(=O)N(c3ccc(OCc4ccccc4)cc3)C2=O)ccc1OCc1ccccc1Cl. The highest BCUT2D eigenvalue weighted by atomic mass is 35.5. The second-order valence-corrected chi connectivity index (χ2v) is 9.65. The van der Waals surface area contributed by atoms with Crippen LogP contribution in [0, 0.1) is 0 Å². The molecule has 212 valence electrons. The van der Waals surface area contributed by atoms with Crippen LogP contribution in [-0.2, 0) is 22.8 Å². The third kappa shape index (κ3) is 6.62. The Bertz CT molecular complexity index is 1640. The predicted octanol–water partition coefficient (Wildman–Crippen LogP) is 6.56. The fraction of sp³-hybridized carbons (Fsp3) is 0.121. The maximum absolute atomic E-state index is 13.4. The number of halogens is 1. The van der Waals surface area contributed by atoms with Gasteiger partial charge in [0.15, 0.2) is 11.5 Å². The van der Waals surface area contributed by atoms with E-state index in [1.165, 1.54) is 6.08 Å². The summed E-state index contributed by atoms with van der Waals surface area (Å²) in [6, 6.07) is 27.8. The molecule has 4 aromatic rings. The van der Waals surface area contributed by atoms with Gasteiger partial charge < -0.3 is 14.2 Å². The number of nitrogens with zero attached hydrogens (tertiary/aromatic N) is 1. The average molecular weight is 583 g/mol. The van der Waals surface area contributed by atoms with Crippen molar-refractivity contribution in [1.29, 1.82) is 0 Å². The first kappa shape index (κ1) is 28.4. The fourth-order valence-electron chi connectivity index (χ4n) is 4.26. The number of carbonyl (C=O) groups is 3. The number of ether oxygens (including phenoxy) is 3. The number of nitrogens with one attached hydrogen (secondary N) is 1. The number of imide groups is 2. The Morgan fingerprint density at radius 1 is 0.786 bits per heavy atom. The molecule has 1 aliphatic rings. The monoisotopic (exact) mass is 582 g/mol. The van der Waals surface area contributed by atoms with Crippen LogP contribution in [-0.4, -0.2) is 24.5 Å². The lowest BCUT2D eigenvalue weighted by molar-refractivity contribution is -0.122. The average Bonchev–Trinajstić information content (AvgIpc) is 3.00. The minimum atomic E-state index is -0.835. The van der Waals surface area contributed by atoms with E-state index in [4.69, 9.17) is 25.8 Å². The molecule has 0 aliphatic carbocycles. The molecule has 0 saturated carbocycles. The Morgan fingerprint density at radius 3 is 2.26 bits per heavy atom. The van der Waals surface area contributed by atoms with Gasteiger partial charge in [-0.15, -0.1) is 0 Å². The van der Waals surface area contributed by atoms with Gasteiger partial charge in [0.2, 0.25) is 0 Å². The molecule has 0 atom stereocenters. The fourth-order valence-corrected chi connectivity index (χ4v) is 4.45. The number of barbiturate groups is 1. The van der Waals surface area contributed by atoms with Gasteiger partial charge in [0.25, 0.3) is 11.8 Å². The first-order chi connectivity index (χ1) is 20.4. The van der Waals surface area contributed by atoms with Crippen molar-refractivity contribution in [2.24, 2.45) is 0 Å². The van der Waals surface area contributed by atoms with Crippen molar-refractivity contribution in [3.63, 3.8) is 0 Å². The van der Waals surface area contributed by atoms with Crippen molar-refractivity contribution >= 4 is 41.2 Å². The number of benzene rings is 4.